The van der Waals surface area contributed by atoms with E-state index < -0.39 is 0 Å². The van der Waals surface area contributed by atoms with Gasteiger partial charge in [-0.25, -0.2) is 0 Å². The third-order valence-electron chi connectivity index (χ3n) is 2.70. The summed E-state index contributed by atoms with van der Waals surface area (Å²) in [6, 6.07) is 5.88. The zero-order valence-corrected chi connectivity index (χ0v) is 11.0. The van der Waals surface area contributed by atoms with Crippen LogP contribution in [0.3, 0.4) is 0 Å². The van der Waals surface area contributed by atoms with Crippen molar-refractivity contribution in [3.8, 4) is 5.75 Å². The van der Waals surface area contributed by atoms with Gasteiger partial charge in [-0.15, -0.1) is 0 Å². The Kier molecular flexibility index (Phi) is 3.19. The Morgan fingerprint density at radius 2 is 2.25 bits per heavy atom. The number of carbonyl (C=O) groups excluding carboxylic acids is 1. The van der Waals surface area contributed by atoms with Gasteiger partial charge in [-0.05, 0) is 24.6 Å². The van der Waals surface area contributed by atoms with Crippen LogP contribution < -0.4 is 9.64 Å². The van der Waals surface area contributed by atoms with Crippen LogP contribution in [0.25, 0.3) is 0 Å². The molecular formula is C12H14BrNO2. The van der Waals surface area contributed by atoms with E-state index in [0.717, 1.165) is 17.0 Å². The van der Waals surface area contributed by atoms with Gasteiger partial charge in [0.2, 0.25) is 5.91 Å². The maximum atomic E-state index is 11.8. The molecule has 0 aliphatic carbocycles. The summed E-state index contributed by atoms with van der Waals surface area (Å²) < 4.78 is 5.31. The van der Waals surface area contributed by atoms with E-state index >= 15 is 0 Å². The topological polar surface area (TPSA) is 29.5 Å². The van der Waals surface area contributed by atoms with Crippen molar-refractivity contribution in [1.29, 1.82) is 0 Å². The number of hydrogen-bond donors (Lipinski definition) is 0. The summed E-state index contributed by atoms with van der Waals surface area (Å²) >= 11 is 3.47. The lowest BCUT2D eigenvalue weighted by atomic mass is 10.2. The van der Waals surface area contributed by atoms with Crippen LogP contribution in [0.1, 0.15) is 12.0 Å². The van der Waals surface area contributed by atoms with Gasteiger partial charge in [-0.2, -0.15) is 0 Å². The molecule has 1 heterocycles. The fourth-order valence-electron chi connectivity index (χ4n) is 1.90. The summed E-state index contributed by atoms with van der Waals surface area (Å²) in [5.74, 6) is 0.902. The molecule has 0 spiro atoms. The molecule has 3 nitrogen and oxygen atoms in total. The molecule has 0 N–H and O–H groups in total. The molecule has 1 amide bonds. The molecule has 1 aromatic rings. The summed E-state index contributed by atoms with van der Waals surface area (Å²) in [6.07, 6.45) is 0.553. The van der Waals surface area contributed by atoms with Crippen molar-refractivity contribution in [3.63, 3.8) is 0 Å². The molecule has 1 fully saturated rings. The van der Waals surface area contributed by atoms with Crippen molar-refractivity contribution in [2.45, 2.75) is 18.2 Å². The highest BCUT2D eigenvalue weighted by Crippen LogP contribution is 2.33. The van der Waals surface area contributed by atoms with Crippen molar-refractivity contribution >= 4 is 27.5 Å². The van der Waals surface area contributed by atoms with E-state index in [4.69, 9.17) is 4.74 Å². The second-order valence-corrected chi connectivity index (χ2v) is 5.28. The molecule has 1 aliphatic heterocycles. The van der Waals surface area contributed by atoms with Gasteiger partial charge in [0.05, 0.1) is 12.8 Å². The number of amides is 1. The molecular weight excluding hydrogens is 270 g/mol. The molecule has 2 rings (SSSR count). The number of rotatable bonds is 2. The summed E-state index contributed by atoms with van der Waals surface area (Å²) in [4.78, 5) is 13.8. The number of anilines is 1. The number of halogens is 1. The standard InChI is InChI=1S/C12H14BrNO2/c1-8-3-4-10(11(5-8)16-2)14-7-9(13)6-12(14)15/h3-5,9H,6-7H2,1-2H3. The van der Waals surface area contributed by atoms with E-state index in [1.54, 1.807) is 12.0 Å². The predicted molar refractivity (Wildman–Crippen MR) is 67.4 cm³/mol. The van der Waals surface area contributed by atoms with Crippen molar-refractivity contribution in [3.05, 3.63) is 23.8 Å². The molecule has 1 unspecified atom stereocenters. The van der Waals surface area contributed by atoms with Crippen LogP contribution in [0.4, 0.5) is 5.69 Å². The molecule has 1 saturated heterocycles. The highest BCUT2D eigenvalue weighted by atomic mass is 79.9. The molecule has 86 valence electrons. The second kappa shape index (κ2) is 4.45. The molecule has 0 bridgehead atoms. The predicted octanol–water partition coefficient (Wildman–Crippen LogP) is 2.50. The summed E-state index contributed by atoms with van der Waals surface area (Å²) in [5.41, 5.74) is 1.99. The van der Waals surface area contributed by atoms with Crippen LogP contribution in [0.2, 0.25) is 0 Å². The van der Waals surface area contributed by atoms with Crippen LogP contribution >= 0.6 is 15.9 Å². The third kappa shape index (κ3) is 2.07. The lowest BCUT2D eigenvalue weighted by molar-refractivity contribution is -0.117. The molecule has 16 heavy (non-hydrogen) atoms. The monoisotopic (exact) mass is 283 g/mol. The lowest BCUT2D eigenvalue weighted by Crippen LogP contribution is -2.25. The number of ether oxygens (including phenoxy) is 1. The van der Waals surface area contributed by atoms with Crippen molar-refractivity contribution < 1.29 is 9.53 Å². The largest absolute Gasteiger partial charge is 0.495 e. The van der Waals surface area contributed by atoms with E-state index in [0.29, 0.717) is 13.0 Å². The molecule has 4 heteroatoms. The molecule has 0 radical (unpaired) electrons. The number of aryl methyl sites for hydroxylation is 1. The zero-order valence-electron chi connectivity index (χ0n) is 9.37. The SMILES string of the molecule is COc1cc(C)ccc1N1CC(Br)CC1=O. The van der Waals surface area contributed by atoms with Gasteiger partial charge in [0.15, 0.2) is 0 Å². The highest BCUT2D eigenvalue weighted by molar-refractivity contribution is 9.09. The van der Waals surface area contributed by atoms with Crippen molar-refractivity contribution in [2.75, 3.05) is 18.6 Å². The Morgan fingerprint density at radius 3 is 2.81 bits per heavy atom. The molecule has 0 saturated carbocycles. The average Bonchev–Trinajstić information content (AvgIpc) is 2.57. The molecule has 1 aliphatic rings. The fraction of sp³-hybridized carbons (Fsp3) is 0.417. The minimum Gasteiger partial charge on any atom is -0.495 e. The van der Waals surface area contributed by atoms with Gasteiger partial charge in [-0.1, -0.05) is 22.0 Å². The van der Waals surface area contributed by atoms with Crippen LogP contribution in [-0.4, -0.2) is 24.4 Å². The van der Waals surface area contributed by atoms with Gasteiger partial charge < -0.3 is 9.64 Å². The first-order valence-corrected chi connectivity index (χ1v) is 6.12. The number of hydrogen-bond acceptors (Lipinski definition) is 2. The minimum absolute atomic E-state index is 0.143. The Morgan fingerprint density at radius 1 is 1.50 bits per heavy atom. The van der Waals surface area contributed by atoms with Crippen molar-refractivity contribution in [2.24, 2.45) is 0 Å². The minimum atomic E-state index is 0.143. The van der Waals surface area contributed by atoms with Crippen molar-refractivity contribution in [1.82, 2.24) is 0 Å². The number of nitrogens with zero attached hydrogens (tertiary/aromatic N) is 1. The summed E-state index contributed by atoms with van der Waals surface area (Å²) in [6.45, 7) is 2.71. The Labute approximate surface area is 104 Å². The molecule has 1 atom stereocenters. The quantitative estimate of drug-likeness (QED) is 0.781. The van der Waals surface area contributed by atoms with Gasteiger partial charge in [0, 0.05) is 17.8 Å². The number of methoxy groups -OCH3 is 1. The summed E-state index contributed by atoms with van der Waals surface area (Å²) in [5, 5.41) is 0. The van der Waals surface area contributed by atoms with E-state index in [-0.39, 0.29) is 10.7 Å². The Balaban J connectivity index is 2.36. The van der Waals surface area contributed by atoms with Crippen LogP contribution in [0.5, 0.6) is 5.75 Å². The first-order chi connectivity index (χ1) is 7.61. The fourth-order valence-corrected chi connectivity index (χ4v) is 2.47. The molecule has 1 aromatic carbocycles. The maximum absolute atomic E-state index is 11.8. The number of benzene rings is 1. The first-order valence-electron chi connectivity index (χ1n) is 5.21. The Bertz CT molecular complexity index is 419. The van der Waals surface area contributed by atoms with Crippen LogP contribution in [0, 0.1) is 6.92 Å². The second-order valence-electron chi connectivity index (χ2n) is 3.98. The van der Waals surface area contributed by atoms with Gasteiger partial charge in [0.25, 0.3) is 0 Å². The molecule has 0 aromatic heterocycles. The zero-order chi connectivity index (χ0) is 11.7. The van der Waals surface area contributed by atoms with Gasteiger partial charge >= 0.3 is 0 Å². The highest BCUT2D eigenvalue weighted by Gasteiger charge is 2.30. The maximum Gasteiger partial charge on any atom is 0.228 e. The van der Waals surface area contributed by atoms with E-state index in [9.17, 15) is 4.79 Å². The average molecular weight is 284 g/mol. The summed E-state index contributed by atoms with van der Waals surface area (Å²) in [7, 11) is 1.63. The van der Waals surface area contributed by atoms with Crippen LogP contribution in [-0.2, 0) is 4.79 Å². The number of alkyl halides is 1. The number of carbonyl (C=O) groups is 1. The van der Waals surface area contributed by atoms with E-state index in [2.05, 4.69) is 15.9 Å². The Hall–Kier alpha value is -1.03. The van der Waals surface area contributed by atoms with Crippen LogP contribution in [0.15, 0.2) is 18.2 Å². The lowest BCUT2D eigenvalue weighted by Gasteiger charge is -2.19. The van der Waals surface area contributed by atoms with E-state index in [1.807, 2.05) is 25.1 Å². The third-order valence-corrected chi connectivity index (χ3v) is 3.32. The van der Waals surface area contributed by atoms with E-state index in [1.165, 1.54) is 0 Å². The first kappa shape index (κ1) is 11.5. The normalized spacial score (nSPS) is 20.3. The smallest absolute Gasteiger partial charge is 0.228 e. The van der Waals surface area contributed by atoms with Gasteiger partial charge in [-0.3, -0.25) is 4.79 Å². The van der Waals surface area contributed by atoms with Gasteiger partial charge in [0.1, 0.15) is 5.75 Å².